The second-order valence-corrected chi connectivity index (χ2v) is 4.29. The smallest absolute Gasteiger partial charge is 0.153 e. The summed E-state index contributed by atoms with van der Waals surface area (Å²) in [7, 11) is 0. The Bertz CT molecular complexity index is 643. The minimum absolute atomic E-state index is 0.171. The molecule has 0 spiro atoms. The minimum atomic E-state index is -0.644. The summed E-state index contributed by atoms with van der Waals surface area (Å²) in [5.41, 5.74) is 0.547. The third-order valence-electron chi connectivity index (χ3n) is 2.26. The number of aromatic amines is 1. The maximum absolute atomic E-state index is 13.4. The molecule has 16 heavy (non-hydrogen) atoms. The lowest BCUT2D eigenvalue weighted by Crippen LogP contribution is -1.81. The average molecular weight is 236 g/mol. The van der Waals surface area contributed by atoms with Crippen LogP contribution in [0.5, 0.6) is 0 Å². The molecule has 0 saturated carbocycles. The van der Waals surface area contributed by atoms with Crippen LogP contribution in [0.4, 0.5) is 8.78 Å². The van der Waals surface area contributed by atoms with Crippen molar-refractivity contribution < 1.29 is 8.78 Å². The Labute approximate surface area is 93.6 Å². The van der Waals surface area contributed by atoms with Crippen molar-refractivity contribution in [1.29, 1.82) is 0 Å². The molecule has 5 heteroatoms. The summed E-state index contributed by atoms with van der Waals surface area (Å²) in [6.45, 7) is 0. The van der Waals surface area contributed by atoms with Crippen LogP contribution in [-0.2, 0) is 0 Å². The number of rotatable bonds is 1. The van der Waals surface area contributed by atoms with E-state index < -0.39 is 11.6 Å². The molecule has 2 nitrogen and oxygen atoms in total. The number of H-pyrrole nitrogens is 1. The van der Waals surface area contributed by atoms with Gasteiger partial charge in [-0.05, 0) is 17.5 Å². The molecule has 0 aliphatic carbocycles. The molecular weight excluding hydrogens is 230 g/mol. The van der Waals surface area contributed by atoms with Gasteiger partial charge in [-0.3, -0.25) is 0 Å². The minimum Gasteiger partial charge on any atom is -0.337 e. The molecule has 2 aromatic heterocycles. The van der Waals surface area contributed by atoms with Crippen LogP contribution in [0.25, 0.3) is 21.7 Å². The summed E-state index contributed by atoms with van der Waals surface area (Å²) in [4.78, 5) is 7.91. The summed E-state index contributed by atoms with van der Waals surface area (Å²) in [6.07, 6.45) is 0. The number of nitrogens with zero attached hydrogens (tertiary/aromatic N) is 1. The lowest BCUT2D eigenvalue weighted by atomic mass is 10.3. The van der Waals surface area contributed by atoms with Gasteiger partial charge in [0.2, 0.25) is 0 Å². The second-order valence-electron chi connectivity index (χ2n) is 3.35. The number of aromatic nitrogens is 2. The van der Waals surface area contributed by atoms with Gasteiger partial charge in [-0.25, -0.2) is 13.8 Å². The van der Waals surface area contributed by atoms with Crippen molar-refractivity contribution in [2.24, 2.45) is 0 Å². The Morgan fingerprint density at radius 3 is 2.88 bits per heavy atom. The fraction of sp³-hybridized carbons (Fsp3) is 0. The number of hydrogen-bond acceptors (Lipinski definition) is 2. The first-order valence-electron chi connectivity index (χ1n) is 4.63. The van der Waals surface area contributed by atoms with Gasteiger partial charge in [0.1, 0.15) is 17.2 Å². The molecule has 0 radical (unpaired) electrons. The molecule has 80 valence electrons. The molecule has 0 unspecified atom stereocenters. The fourth-order valence-electron chi connectivity index (χ4n) is 1.57. The average Bonchev–Trinajstić information content (AvgIpc) is 2.82. The molecule has 1 aromatic carbocycles. The Morgan fingerprint density at radius 2 is 2.12 bits per heavy atom. The zero-order valence-corrected chi connectivity index (χ0v) is 8.81. The molecule has 0 aliphatic heterocycles. The van der Waals surface area contributed by atoms with E-state index in [1.165, 1.54) is 17.4 Å². The summed E-state index contributed by atoms with van der Waals surface area (Å²) >= 11 is 1.49. The monoisotopic (exact) mass is 236 g/mol. The topological polar surface area (TPSA) is 28.7 Å². The molecule has 0 amide bonds. The summed E-state index contributed by atoms with van der Waals surface area (Å²) in [6, 6.07) is 5.82. The van der Waals surface area contributed by atoms with Crippen LogP contribution in [0.1, 0.15) is 0 Å². The predicted octanol–water partition coefficient (Wildman–Crippen LogP) is 3.57. The standard InChI is InChI=1S/C11H6F2N2S/c12-6-4-7(13)10-8(5-6)14-11(15-10)9-2-1-3-16-9/h1-5H,(H,14,15). The van der Waals surface area contributed by atoms with Gasteiger partial charge in [-0.15, -0.1) is 11.3 Å². The van der Waals surface area contributed by atoms with Crippen molar-refractivity contribution >= 4 is 22.4 Å². The summed E-state index contributed by atoms with van der Waals surface area (Å²) in [5.74, 6) is -0.685. The SMILES string of the molecule is Fc1cc(F)c2nc(-c3cccs3)[nH]c2c1. The van der Waals surface area contributed by atoms with Gasteiger partial charge in [-0.2, -0.15) is 0 Å². The first-order valence-corrected chi connectivity index (χ1v) is 5.50. The normalized spacial score (nSPS) is 11.1. The molecule has 3 aromatic rings. The Balaban J connectivity index is 2.27. The molecule has 3 rings (SSSR count). The van der Waals surface area contributed by atoms with Crippen molar-refractivity contribution in [2.75, 3.05) is 0 Å². The van der Waals surface area contributed by atoms with Gasteiger partial charge < -0.3 is 4.98 Å². The van der Waals surface area contributed by atoms with Gasteiger partial charge in [-0.1, -0.05) is 6.07 Å². The molecule has 0 fully saturated rings. The van der Waals surface area contributed by atoms with Crippen LogP contribution in [-0.4, -0.2) is 9.97 Å². The van der Waals surface area contributed by atoms with Crippen LogP contribution >= 0.6 is 11.3 Å². The van der Waals surface area contributed by atoms with Crippen LogP contribution < -0.4 is 0 Å². The largest absolute Gasteiger partial charge is 0.337 e. The molecule has 0 atom stereocenters. The van der Waals surface area contributed by atoms with Gasteiger partial charge in [0.15, 0.2) is 5.82 Å². The Hall–Kier alpha value is -1.75. The fourth-order valence-corrected chi connectivity index (χ4v) is 2.24. The van der Waals surface area contributed by atoms with Crippen molar-refractivity contribution in [3.8, 4) is 10.7 Å². The predicted molar refractivity (Wildman–Crippen MR) is 59.3 cm³/mol. The van der Waals surface area contributed by atoms with Crippen molar-refractivity contribution in [3.05, 3.63) is 41.3 Å². The number of fused-ring (bicyclic) bond motifs is 1. The molecule has 0 bridgehead atoms. The zero-order chi connectivity index (χ0) is 11.1. The van der Waals surface area contributed by atoms with Crippen LogP contribution in [0.2, 0.25) is 0 Å². The second kappa shape index (κ2) is 3.38. The van der Waals surface area contributed by atoms with E-state index in [2.05, 4.69) is 9.97 Å². The van der Waals surface area contributed by atoms with E-state index in [1.54, 1.807) is 0 Å². The third-order valence-corrected chi connectivity index (χ3v) is 3.14. The van der Waals surface area contributed by atoms with E-state index in [-0.39, 0.29) is 5.52 Å². The molecular formula is C11H6F2N2S. The summed E-state index contributed by atoms with van der Waals surface area (Å²) < 4.78 is 26.3. The van der Waals surface area contributed by atoms with E-state index in [0.29, 0.717) is 11.3 Å². The number of hydrogen-bond donors (Lipinski definition) is 1. The molecule has 2 heterocycles. The van der Waals surface area contributed by atoms with Gasteiger partial charge in [0.25, 0.3) is 0 Å². The van der Waals surface area contributed by atoms with Gasteiger partial charge in [0.05, 0.1) is 10.4 Å². The van der Waals surface area contributed by atoms with Gasteiger partial charge in [0, 0.05) is 6.07 Å². The maximum atomic E-state index is 13.4. The van der Waals surface area contributed by atoms with Crippen LogP contribution in [0.3, 0.4) is 0 Å². The number of imidazole rings is 1. The number of thiophene rings is 1. The highest BCUT2D eigenvalue weighted by molar-refractivity contribution is 7.13. The van der Waals surface area contributed by atoms with Crippen LogP contribution in [0.15, 0.2) is 29.6 Å². The third kappa shape index (κ3) is 1.40. The Kier molecular flexibility index (Phi) is 2.00. The highest BCUT2D eigenvalue weighted by atomic mass is 32.1. The molecule has 1 N–H and O–H groups in total. The van der Waals surface area contributed by atoms with Crippen molar-refractivity contribution in [3.63, 3.8) is 0 Å². The number of nitrogens with one attached hydrogen (secondary N) is 1. The van der Waals surface area contributed by atoms with E-state index in [4.69, 9.17) is 0 Å². The van der Waals surface area contributed by atoms with Gasteiger partial charge >= 0.3 is 0 Å². The highest BCUT2D eigenvalue weighted by Crippen LogP contribution is 2.26. The van der Waals surface area contributed by atoms with E-state index in [9.17, 15) is 8.78 Å². The van der Waals surface area contributed by atoms with Crippen molar-refractivity contribution in [1.82, 2.24) is 9.97 Å². The van der Waals surface area contributed by atoms with Crippen LogP contribution in [0, 0.1) is 11.6 Å². The molecule has 0 saturated heterocycles. The van der Waals surface area contributed by atoms with E-state index in [0.717, 1.165) is 10.9 Å². The number of benzene rings is 1. The lowest BCUT2D eigenvalue weighted by Gasteiger charge is -1.90. The molecule has 0 aliphatic rings. The maximum Gasteiger partial charge on any atom is 0.153 e. The van der Waals surface area contributed by atoms with E-state index >= 15 is 0 Å². The quantitative estimate of drug-likeness (QED) is 0.687. The Morgan fingerprint density at radius 1 is 1.25 bits per heavy atom. The summed E-state index contributed by atoms with van der Waals surface area (Å²) in [5, 5.41) is 1.90. The first-order chi connectivity index (χ1) is 7.74. The van der Waals surface area contributed by atoms with Crippen molar-refractivity contribution in [2.45, 2.75) is 0 Å². The number of halogens is 2. The zero-order valence-electron chi connectivity index (χ0n) is 8.00. The van der Waals surface area contributed by atoms with E-state index in [1.807, 2.05) is 17.5 Å². The highest BCUT2D eigenvalue weighted by Gasteiger charge is 2.11. The lowest BCUT2D eigenvalue weighted by molar-refractivity contribution is 0.591. The first kappa shape index (κ1) is 9.47.